The smallest absolute Gasteiger partial charge is 0.271 e. The van der Waals surface area contributed by atoms with Crippen molar-refractivity contribution in [3.05, 3.63) is 24.1 Å². The van der Waals surface area contributed by atoms with E-state index in [0.717, 1.165) is 24.8 Å². The minimum atomic E-state index is -0.960. The molecular formula is C22H31N3O4. The first-order chi connectivity index (χ1) is 14.0. The zero-order valence-electron chi connectivity index (χ0n) is 17.6. The van der Waals surface area contributed by atoms with Crippen molar-refractivity contribution in [2.45, 2.75) is 64.1 Å². The second-order valence-corrected chi connectivity index (χ2v) is 8.70. The number of nitrogens with one attached hydrogen (secondary N) is 1. The summed E-state index contributed by atoms with van der Waals surface area (Å²) in [6, 6.07) is 3.81. The largest absolute Gasteiger partial charge is 0.463 e. The van der Waals surface area contributed by atoms with Gasteiger partial charge >= 0.3 is 0 Å². The number of fused-ring (bicyclic) bond motifs is 3. The Morgan fingerprint density at radius 1 is 1.38 bits per heavy atom. The van der Waals surface area contributed by atoms with Crippen LogP contribution in [0.4, 0.5) is 0 Å². The van der Waals surface area contributed by atoms with Crippen LogP contribution in [-0.2, 0) is 16.1 Å². The maximum Gasteiger partial charge on any atom is 0.271 e. The molecule has 2 aromatic rings. The molecular weight excluding hydrogens is 370 g/mol. The number of methoxy groups -OCH3 is 1. The Labute approximate surface area is 171 Å². The molecule has 0 unspecified atom stereocenters. The van der Waals surface area contributed by atoms with Gasteiger partial charge in [-0.05, 0) is 32.1 Å². The maximum atomic E-state index is 13.6. The third-order valence-corrected chi connectivity index (χ3v) is 6.70. The summed E-state index contributed by atoms with van der Waals surface area (Å²) >= 11 is 0. The zero-order chi connectivity index (χ0) is 20.6. The molecule has 4 rings (SSSR count). The van der Waals surface area contributed by atoms with Gasteiger partial charge in [0.2, 0.25) is 5.91 Å². The predicted molar refractivity (Wildman–Crippen MR) is 110 cm³/mol. The van der Waals surface area contributed by atoms with Gasteiger partial charge in [0.15, 0.2) is 5.58 Å². The standard InChI is InChI=1S/C22H31N3O4/c1-15-7-4-5-8-16(15)23-21(27)22(2)14-24-17-9-12-29-19(17)13-18(24)20(26)25(22)10-6-11-28-3/h9,12-13,15-16H,4-8,10-11,14H2,1-3H3,(H,23,27)/t15-,16+,22+/m0/s1. The maximum absolute atomic E-state index is 13.6. The van der Waals surface area contributed by atoms with Gasteiger partial charge in [0, 0.05) is 38.4 Å². The third-order valence-electron chi connectivity index (χ3n) is 6.70. The summed E-state index contributed by atoms with van der Waals surface area (Å²) < 4.78 is 12.6. The fraction of sp³-hybridized carbons (Fsp3) is 0.636. The highest BCUT2D eigenvalue weighted by Gasteiger charge is 2.48. The van der Waals surface area contributed by atoms with E-state index >= 15 is 0 Å². The highest BCUT2D eigenvalue weighted by molar-refractivity contribution is 6.02. The molecule has 2 aromatic heterocycles. The van der Waals surface area contributed by atoms with Crippen molar-refractivity contribution < 1.29 is 18.7 Å². The van der Waals surface area contributed by atoms with E-state index in [0.29, 0.717) is 43.3 Å². The second kappa shape index (κ2) is 7.86. The molecule has 2 amide bonds. The number of ether oxygens (including phenoxy) is 1. The molecule has 2 aliphatic rings. The van der Waals surface area contributed by atoms with Crippen molar-refractivity contribution in [3.63, 3.8) is 0 Å². The van der Waals surface area contributed by atoms with Crippen LogP contribution in [0.15, 0.2) is 22.8 Å². The fourth-order valence-corrected chi connectivity index (χ4v) is 4.84. The van der Waals surface area contributed by atoms with E-state index in [4.69, 9.17) is 9.15 Å². The van der Waals surface area contributed by atoms with Crippen molar-refractivity contribution in [2.24, 2.45) is 5.92 Å². The molecule has 0 aromatic carbocycles. The van der Waals surface area contributed by atoms with Gasteiger partial charge in [-0.15, -0.1) is 0 Å². The van der Waals surface area contributed by atoms with Gasteiger partial charge < -0.3 is 23.9 Å². The van der Waals surface area contributed by atoms with Gasteiger partial charge in [0.25, 0.3) is 5.91 Å². The molecule has 1 saturated carbocycles. The first-order valence-electron chi connectivity index (χ1n) is 10.6. The molecule has 0 radical (unpaired) electrons. The number of furan rings is 1. The van der Waals surface area contributed by atoms with Crippen LogP contribution in [0.5, 0.6) is 0 Å². The highest BCUT2D eigenvalue weighted by Crippen LogP contribution is 2.33. The number of amides is 2. The van der Waals surface area contributed by atoms with Crippen LogP contribution < -0.4 is 5.32 Å². The number of carbonyl (C=O) groups excluding carboxylic acids is 2. The average molecular weight is 402 g/mol. The summed E-state index contributed by atoms with van der Waals surface area (Å²) in [4.78, 5) is 28.7. The summed E-state index contributed by atoms with van der Waals surface area (Å²) in [6.07, 6.45) is 6.80. The lowest BCUT2D eigenvalue weighted by Crippen LogP contribution is -2.65. The summed E-state index contributed by atoms with van der Waals surface area (Å²) in [5, 5.41) is 3.28. The minimum Gasteiger partial charge on any atom is -0.463 e. The van der Waals surface area contributed by atoms with Crippen LogP contribution >= 0.6 is 0 Å². The number of hydrogen-bond donors (Lipinski definition) is 1. The second-order valence-electron chi connectivity index (χ2n) is 8.70. The van der Waals surface area contributed by atoms with Crippen LogP contribution in [-0.4, -0.2) is 53.1 Å². The lowest BCUT2D eigenvalue weighted by molar-refractivity contribution is -0.134. The molecule has 0 saturated heterocycles. The van der Waals surface area contributed by atoms with Crippen molar-refractivity contribution in [2.75, 3.05) is 20.3 Å². The first kappa shape index (κ1) is 20.0. The lowest BCUT2D eigenvalue weighted by atomic mass is 9.85. The van der Waals surface area contributed by atoms with Crippen molar-refractivity contribution >= 4 is 22.9 Å². The summed E-state index contributed by atoms with van der Waals surface area (Å²) in [6.45, 7) is 5.52. The van der Waals surface area contributed by atoms with E-state index in [1.807, 2.05) is 17.6 Å². The van der Waals surface area contributed by atoms with E-state index in [-0.39, 0.29) is 17.9 Å². The molecule has 0 bridgehead atoms. The van der Waals surface area contributed by atoms with Crippen molar-refractivity contribution in [1.82, 2.24) is 14.8 Å². The molecule has 7 nitrogen and oxygen atoms in total. The Morgan fingerprint density at radius 2 is 2.17 bits per heavy atom. The molecule has 1 N–H and O–H groups in total. The number of carbonyl (C=O) groups is 2. The van der Waals surface area contributed by atoms with Crippen molar-refractivity contribution in [3.8, 4) is 0 Å². The molecule has 7 heteroatoms. The van der Waals surface area contributed by atoms with E-state index < -0.39 is 5.54 Å². The van der Waals surface area contributed by atoms with Gasteiger partial charge in [0.05, 0.1) is 18.3 Å². The molecule has 0 spiro atoms. The molecule has 1 aliphatic carbocycles. The van der Waals surface area contributed by atoms with Crippen molar-refractivity contribution in [1.29, 1.82) is 0 Å². The summed E-state index contributed by atoms with van der Waals surface area (Å²) in [5.41, 5.74) is 1.15. The molecule has 1 fully saturated rings. The predicted octanol–water partition coefficient (Wildman–Crippen LogP) is 3.18. The normalized spacial score (nSPS) is 27.3. The highest BCUT2D eigenvalue weighted by atomic mass is 16.5. The number of rotatable bonds is 6. The van der Waals surface area contributed by atoms with Crippen LogP contribution in [0.3, 0.4) is 0 Å². The topological polar surface area (TPSA) is 76.7 Å². The van der Waals surface area contributed by atoms with E-state index in [9.17, 15) is 9.59 Å². The van der Waals surface area contributed by atoms with E-state index in [1.54, 1.807) is 24.3 Å². The minimum absolute atomic E-state index is 0.0713. The van der Waals surface area contributed by atoms with E-state index in [1.165, 1.54) is 6.42 Å². The monoisotopic (exact) mass is 401 g/mol. The van der Waals surface area contributed by atoms with E-state index in [2.05, 4.69) is 12.2 Å². The Morgan fingerprint density at radius 3 is 2.93 bits per heavy atom. The van der Waals surface area contributed by atoms with Gasteiger partial charge in [-0.1, -0.05) is 19.8 Å². The molecule has 29 heavy (non-hydrogen) atoms. The average Bonchev–Trinajstić information content (AvgIpc) is 3.28. The van der Waals surface area contributed by atoms with Gasteiger partial charge in [0.1, 0.15) is 11.2 Å². The SMILES string of the molecule is COCCCN1C(=O)c2cc3occc3n2C[C@]1(C)C(=O)N[C@@H]1CCCC[C@@H]1C. The molecule has 1 aliphatic heterocycles. The van der Waals surface area contributed by atoms with Gasteiger partial charge in [-0.25, -0.2) is 0 Å². The first-order valence-corrected chi connectivity index (χ1v) is 10.6. The van der Waals surface area contributed by atoms with Gasteiger partial charge in [-0.2, -0.15) is 0 Å². The Bertz CT molecular complexity index is 901. The number of hydrogen-bond acceptors (Lipinski definition) is 4. The van der Waals surface area contributed by atoms with Crippen LogP contribution in [0, 0.1) is 5.92 Å². The van der Waals surface area contributed by atoms with Crippen LogP contribution in [0.2, 0.25) is 0 Å². The number of aromatic nitrogens is 1. The Kier molecular flexibility index (Phi) is 5.42. The van der Waals surface area contributed by atoms with Crippen LogP contribution in [0.25, 0.3) is 11.1 Å². The molecule has 3 atom stereocenters. The zero-order valence-corrected chi connectivity index (χ0v) is 17.6. The summed E-state index contributed by atoms with van der Waals surface area (Å²) in [5.74, 6) is 0.256. The Balaban J connectivity index is 1.66. The Hall–Kier alpha value is -2.28. The molecule has 3 heterocycles. The van der Waals surface area contributed by atoms with Crippen LogP contribution in [0.1, 0.15) is 56.4 Å². The quantitative estimate of drug-likeness (QED) is 0.754. The molecule has 158 valence electrons. The number of nitrogens with zero attached hydrogens (tertiary/aromatic N) is 2. The van der Waals surface area contributed by atoms with Gasteiger partial charge in [-0.3, -0.25) is 9.59 Å². The fourth-order valence-electron chi connectivity index (χ4n) is 4.84. The summed E-state index contributed by atoms with van der Waals surface area (Å²) in [7, 11) is 1.65. The third kappa shape index (κ3) is 3.45. The lowest BCUT2D eigenvalue weighted by Gasteiger charge is -2.45.